The SMILES string of the molecule is CC1CCCc2c1nc(-c1ccc(F)cc1)nc2N1CCNCC1. The summed E-state index contributed by atoms with van der Waals surface area (Å²) < 4.78 is 13.3. The number of anilines is 1. The van der Waals surface area contributed by atoms with Crippen LogP contribution >= 0.6 is 0 Å². The van der Waals surface area contributed by atoms with Gasteiger partial charge in [0.15, 0.2) is 5.82 Å². The van der Waals surface area contributed by atoms with Gasteiger partial charge in [0.05, 0.1) is 5.69 Å². The molecule has 1 aromatic heterocycles. The molecule has 1 aliphatic carbocycles. The van der Waals surface area contributed by atoms with Crippen LogP contribution in [0.5, 0.6) is 0 Å². The van der Waals surface area contributed by atoms with Crippen molar-refractivity contribution in [2.45, 2.75) is 32.1 Å². The van der Waals surface area contributed by atoms with E-state index < -0.39 is 0 Å². The van der Waals surface area contributed by atoms with E-state index >= 15 is 0 Å². The van der Waals surface area contributed by atoms with Crippen LogP contribution in [0.2, 0.25) is 0 Å². The molecular formula is C19H23FN4. The third-order valence-electron chi connectivity index (χ3n) is 5.07. The number of piperazine rings is 1. The van der Waals surface area contributed by atoms with Crippen molar-refractivity contribution in [3.05, 3.63) is 41.3 Å². The van der Waals surface area contributed by atoms with Crippen LogP contribution in [0, 0.1) is 5.82 Å². The predicted octanol–water partition coefficient (Wildman–Crippen LogP) is 3.13. The number of hydrogen-bond donors (Lipinski definition) is 1. The Bertz CT molecular complexity index is 723. The summed E-state index contributed by atoms with van der Waals surface area (Å²) in [4.78, 5) is 12.2. The highest BCUT2D eigenvalue weighted by molar-refractivity contribution is 5.61. The lowest BCUT2D eigenvalue weighted by atomic mass is 9.87. The van der Waals surface area contributed by atoms with Gasteiger partial charge in [-0.25, -0.2) is 14.4 Å². The van der Waals surface area contributed by atoms with Crippen molar-refractivity contribution in [1.29, 1.82) is 0 Å². The Balaban J connectivity index is 1.82. The Kier molecular flexibility index (Phi) is 4.19. The molecule has 1 unspecified atom stereocenters. The maximum absolute atomic E-state index is 13.3. The minimum atomic E-state index is -0.229. The molecule has 126 valence electrons. The molecule has 0 saturated carbocycles. The number of hydrogen-bond acceptors (Lipinski definition) is 4. The zero-order valence-corrected chi connectivity index (χ0v) is 14.1. The first-order valence-corrected chi connectivity index (χ1v) is 8.85. The first-order chi connectivity index (χ1) is 11.7. The number of nitrogens with one attached hydrogen (secondary N) is 1. The lowest BCUT2D eigenvalue weighted by Gasteiger charge is -2.33. The highest BCUT2D eigenvalue weighted by atomic mass is 19.1. The third kappa shape index (κ3) is 2.88. The fourth-order valence-corrected chi connectivity index (χ4v) is 3.72. The average Bonchev–Trinajstić information content (AvgIpc) is 2.63. The normalized spacial score (nSPS) is 20.8. The van der Waals surface area contributed by atoms with Crippen LogP contribution in [0.25, 0.3) is 11.4 Å². The van der Waals surface area contributed by atoms with E-state index in [0.29, 0.717) is 5.92 Å². The fourth-order valence-electron chi connectivity index (χ4n) is 3.72. The van der Waals surface area contributed by atoms with Crippen molar-refractivity contribution >= 4 is 5.82 Å². The number of nitrogens with zero attached hydrogens (tertiary/aromatic N) is 3. The van der Waals surface area contributed by atoms with Crippen LogP contribution in [0.1, 0.15) is 36.9 Å². The molecule has 2 aromatic rings. The van der Waals surface area contributed by atoms with Gasteiger partial charge in [0.2, 0.25) is 0 Å². The molecule has 5 heteroatoms. The minimum Gasteiger partial charge on any atom is -0.354 e. The number of halogens is 1. The monoisotopic (exact) mass is 326 g/mol. The molecule has 4 nitrogen and oxygen atoms in total. The first-order valence-electron chi connectivity index (χ1n) is 8.85. The summed E-state index contributed by atoms with van der Waals surface area (Å²) >= 11 is 0. The van der Waals surface area contributed by atoms with Gasteiger partial charge in [-0.1, -0.05) is 6.92 Å². The topological polar surface area (TPSA) is 41.1 Å². The van der Waals surface area contributed by atoms with Crippen molar-refractivity contribution < 1.29 is 4.39 Å². The van der Waals surface area contributed by atoms with E-state index in [2.05, 4.69) is 17.1 Å². The van der Waals surface area contributed by atoms with Gasteiger partial charge in [-0.15, -0.1) is 0 Å². The number of rotatable bonds is 2. The van der Waals surface area contributed by atoms with Crippen molar-refractivity contribution in [2.24, 2.45) is 0 Å². The van der Waals surface area contributed by atoms with Crippen LogP contribution in [0.15, 0.2) is 24.3 Å². The van der Waals surface area contributed by atoms with Crippen LogP contribution in [-0.2, 0) is 6.42 Å². The van der Waals surface area contributed by atoms with Gasteiger partial charge in [0.25, 0.3) is 0 Å². The van der Waals surface area contributed by atoms with E-state index in [-0.39, 0.29) is 5.82 Å². The van der Waals surface area contributed by atoms with E-state index in [1.165, 1.54) is 36.2 Å². The van der Waals surface area contributed by atoms with Crippen LogP contribution in [0.4, 0.5) is 10.2 Å². The van der Waals surface area contributed by atoms with Crippen LogP contribution in [0.3, 0.4) is 0 Å². The van der Waals surface area contributed by atoms with Gasteiger partial charge in [0, 0.05) is 37.3 Å². The first kappa shape index (κ1) is 15.5. The van der Waals surface area contributed by atoms with E-state index in [1.807, 2.05) is 0 Å². The molecule has 1 saturated heterocycles. The summed E-state index contributed by atoms with van der Waals surface area (Å²) in [6.45, 7) is 6.17. The molecule has 0 spiro atoms. The molecule has 2 aliphatic rings. The van der Waals surface area contributed by atoms with Crippen molar-refractivity contribution in [2.75, 3.05) is 31.1 Å². The largest absolute Gasteiger partial charge is 0.354 e. The van der Waals surface area contributed by atoms with E-state index in [1.54, 1.807) is 12.1 Å². The Labute approximate surface area is 142 Å². The molecule has 0 amide bonds. The van der Waals surface area contributed by atoms with E-state index in [4.69, 9.17) is 9.97 Å². The standard InChI is InChI=1S/C19H23FN4/c1-13-3-2-4-16-17(13)22-18(14-5-7-15(20)8-6-14)23-19(16)24-11-9-21-10-12-24/h5-8,13,21H,2-4,9-12H2,1H3. The maximum Gasteiger partial charge on any atom is 0.161 e. The molecule has 24 heavy (non-hydrogen) atoms. The molecule has 1 fully saturated rings. The second kappa shape index (κ2) is 6.48. The molecule has 1 aliphatic heterocycles. The summed E-state index contributed by atoms with van der Waals surface area (Å²) in [7, 11) is 0. The molecule has 1 atom stereocenters. The predicted molar refractivity (Wildman–Crippen MR) is 93.9 cm³/mol. The number of fused-ring (bicyclic) bond motifs is 1. The lowest BCUT2D eigenvalue weighted by molar-refractivity contribution is 0.554. The van der Waals surface area contributed by atoms with Gasteiger partial charge in [-0.3, -0.25) is 0 Å². The summed E-state index contributed by atoms with van der Waals surface area (Å²) in [6.07, 6.45) is 3.43. The van der Waals surface area contributed by atoms with Crippen molar-refractivity contribution in [1.82, 2.24) is 15.3 Å². The van der Waals surface area contributed by atoms with Gasteiger partial charge in [0.1, 0.15) is 11.6 Å². The Morgan fingerprint density at radius 1 is 1.12 bits per heavy atom. The van der Waals surface area contributed by atoms with Crippen molar-refractivity contribution in [3.63, 3.8) is 0 Å². The quantitative estimate of drug-likeness (QED) is 0.920. The van der Waals surface area contributed by atoms with Gasteiger partial charge in [-0.05, 0) is 49.4 Å². The summed E-state index contributed by atoms with van der Waals surface area (Å²) in [5, 5.41) is 3.40. The Morgan fingerprint density at radius 2 is 1.88 bits per heavy atom. The van der Waals surface area contributed by atoms with Crippen LogP contribution in [-0.4, -0.2) is 36.1 Å². The fraction of sp³-hybridized carbons (Fsp3) is 0.474. The summed E-state index contributed by atoms with van der Waals surface area (Å²) in [5.41, 5.74) is 3.39. The molecule has 4 rings (SSSR count). The zero-order valence-electron chi connectivity index (χ0n) is 14.1. The molecule has 1 N–H and O–H groups in total. The average molecular weight is 326 g/mol. The van der Waals surface area contributed by atoms with Crippen LogP contribution < -0.4 is 10.2 Å². The second-order valence-electron chi connectivity index (χ2n) is 6.77. The van der Waals surface area contributed by atoms with Gasteiger partial charge >= 0.3 is 0 Å². The zero-order chi connectivity index (χ0) is 16.5. The Morgan fingerprint density at radius 3 is 2.62 bits per heavy atom. The molecule has 2 heterocycles. The van der Waals surface area contributed by atoms with Gasteiger partial charge < -0.3 is 10.2 Å². The number of benzene rings is 1. The van der Waals surface area contributed by atoms with Crippen molar-refractivity contribution in [3.8, 4) is 11.4 Å². The maximum atomic E-state index is 13.3. The molecule has 1 aromatic carbocycles. The minimum absolute atomic E-state index is 0.229. The number of aromatic nitrogens is 2. The highest BCUT2D eigenvalue weighted by Crippen LogP contribution is 2.36. The van der Waals surface area contributed by atoms with E-state index in [0.717, 1.165) is 49.8 Å². The van der Waals surface area contributed by atoms with Gasteiger partial charge in [-0.2, -0.15) is 0 Å². The summed E-state index contributed by atoms with van der Waals surface area (Å²) in [5.74, 6) is 2.04. The molecule has 0 radical (unpaired) electrons. The third-order valence-corrected chi connectivity index (χ3v) is 5.07. The Hall–Kier alpha value is -2.01. The second-order valence-corrected chi connectivity index (χ2v) is 6.77. The lowest BCUT2D eigenvalue weighted by Crippen LogP contribution is -2.44. The smallest absolute Gasteiger partial charge is 0.161 e. The molecule has 0 bridgehead atoms. The molecular weight excluding hydrogens is 303 g/mol. The highest BCUT2D eigenvalue weighted by Gasteiger charge is 2.26. The summed E-state index contributed by atoms with van der Waals surface area (Å²) in [6, 6.07) is 6.50. The van der Waals surface area contributed by atoms with E-state index in [9.17, 15) is 4.39 Å².